The maximum atomic E-state index is 12.2. The summed E-state index contributed by atoms with van der Waals surface area (Å²) in [6.07, 6.45) is 0. The quantitative estimate of drug-likeness (QED) is 0.888. The molecule has 2 amide bonds. The third-order valence-electron chi connectivity index (χ3n) is 3.06. The fraction of sp³-hybridized carbons (Fsp3) is 0.385. The average molecular weight is 295 g/mol. The highest BCUT2D eigenvalue weighted by molar-refractivity contribution is 7.99. The molecule has 2 N–H and O–H groups in total. The van der Waals surface area contributed by atoms with Crippen LogP contribution >= 0.6 is 11.8 Å². The Hall–Kier alpha value is -1.89. The van der Waals surface area contributed by atoms with E-state index in [4.69, 9.17) is 5.11 Å². The summed E-state index contributed by atoms with van der Waals surface area (Å²) in [7, 11) is 3.77. The van der Waals surface area contributed by atoms with Crippen molar-refractivity contribution < 1.29 is 14.7 Å². The summed E-state index contributed by atoms with van der Waals surface area (Å²) in [5.74, 6) is -0.142. The fourth-order valence-corrected chi connectivity index (χ4v) is 3.15. The zero-order chi connectivity index (χ0) is 14.7. The second kappa shape index (κ2) is 6.04. The van der Waals surface area contributed by atoms with Crippen molar-refractivity contribution >= 4 is 35.1 Å². The molecular weight excluding hydrogens is 278 g/mol. The molecule has 0 spiro atoms. The van der Waals surface area contributed by atoms with Gasteiger partial charge in [-0.1, -0.05) is 12.1 Å². The maximum Gasteiger partial charge on any atom is 0.327 e. The van der Waals surface area contributed by atoms with E-state index in [1.807, 2.05) is 37.2 Å². The van der Waals surface area contributed by atoms with Crippen molar-refractivity contribution in [2.45, 2.75) is 6.04 Å². The molecule has 1 heterocycles. The van der Waals surface area contributed by atoms with Crippen molar-refractivity contribution in [2.24, 2.45) is 0 Å². The Balaban J connectivity index is 2.14. The molecule has 1 fully saturated rings. The molecule has 0 bridgehead atoms. The number of anilines is 2. The van der Waals surface area contributed by atoms with Crippen LogP contribution in [-0.4, -0.2) is 53.8 Å². The standard InChI is InChI=1S/C13H17N3O3S/c1-15(2)10-6-4-3-5-9(10)14-13(19)16-8-20-7-11(16)12(17)18/h3-6,11H,7-8H2,1-2H3,(H,14,19)(H,17,18)/t11-/m0/s1. The van der Waals surface area contributed by atoms with Crippen LogP contribution in [0.15, 0.2) is 24.3 Å². The highest BCUT2D eigenvalue weighted by Crippen LogP contribution is 2.26. The molecule has 7 heteroatoms. The third-order valence-corrected chi connectivity index (χ3v) is 4.07. The number of amides is 2. The normalized spacial score (nSPS) is 17.9. The molecule has 1 saturated heterocycles. The van der Waals surface area contributed by atoms with Crippen LogP contribution in [0.1, 0.15) is 0 Å². The van der Waals surface area contributed by atoms with Gasteiger partial charge in [0.1, 0.15) is 6.04 Å². The van der Waals surface area contributed by atoms with E-state index < -0.39 is 12.0 Å². The van der Waals surface area contributed by atoms with E-state index >= 15 is 0 Å². The van der Waals surface area contributed by atoms with Crippen LogP contribution in [0.5, 0.6) is 0 Å². The Morgan fingerprint density at radius 1 is 1.40 bits per heavy atom. The first-order valence-corrected chi connectivity index (χ1v) is 7.30. The molecule has 1 aliphatic heterocycles. The van der Waals surface area contributed by atoms with Crippen molar-refractivity contribution in [3.8, 4) is 0 Å². The molecule has 6 nitrogen and oxygen atoms in total. The second-order valence-corrected chi connectivity index (χ2v) is 5.67. The number of carboxylic acid groups (broad SMARTS) is 1. The predicted octanol–water partition coefficient (Wildman–Crippen LogP) is 1.74. The van der Waals surface area contributed by atoms with Crippen molar-refractivity contribution in [1.29, 1.82) is 0 Å². The minimum Gasteiger partial charge on any atom is -0.480 e. The molecule has 20 heavy (non-hydrogen) atoms. The van der Waals surface area contributed by atoms with Gasteiger partial charge in [-0.2, -0.15) is 0 Å². The first-order valence-electron chi connectivity index (χ1n) is 6.15. The molecule has 108 valence electrons. The highest BCUT2D eigenvalue weighted by Gasteiger charge is 2.34. The Morgan fingerprint density at radius 2 is 2.10 bits per heavy atom. The van der Waals surface area contributed by atoms with Gasteiger partial charge in [0.25, 0.3) is 0 Å². The topological polar surface area (TPSA) is 72.9 Å². The Morgan fingerprint density at radius 3 is 2.75 bits per heavy atom. The van der Waals surface area contributed by atoms with Gasteiger partial charge in [-0.05, 0) is 12.1 Å². The first kappa shape index (κ1) is 14.5. The van der Waals surface area contributed by atoms with Gasteiger partial charge in [-0.3, -0.25) is 0 Å². The van der Waals surface area contributed by atoms with E-state index in [1.54, 1.807) is 6.07 Å². The first-order chi connectivity index (χ1) is 9.50. The summed E-state index contributed by atoms with van der Waals surface area (Å²) in [4.78, 5) is 26.6. The maximum absolute atomic E-state index is 12.2. The van der Waals surface area contributed by atoms with Gasteiger partial charge in [0.05, 0.1) is 17.3 Å². The van der Waals surface area contributed by atoms with Gasteiger partial charge in [0, 0.05) is 19.8 Å². The van der Waals surface area contributed by atoms with Crippen molar-refractivity contribution in [3.05, 3.63) is 24.3 Å². The van der Waals surface area contributed by atoms with Gasteiger partial charge in [-0.25, -0.2) is 9.59 Å². The van der Waals surface area contributed by atoms with Crippen LogP contribution in [0.2, 0.25) is 0 Å². The molecular formula is C13H17N3O3S. The molecule has 2 rings (SSSR count). The second-order valence-electron chi connectivity index (χ2n) is 4.67. The predicted molar refractivity (Wildman–Crippen MR) is 80.4 cm³/mol. The minimum absolute atomic E-state index is 0.378. The lowest BCUT2D eigenvalue weighted by Crippen LogP contribution is -2.44. The summed E-state index contributed by atoms with van der Waals surface area (Å²) in [5.41, 5.74) is 1.54. The van der Waals surface area contributed by atoms with E-state index in [-0.39, 0.29) is 6.03 Å². The Kier molecular flexibility index (Phi) is 4.39. The summed E-state index contributed by atoms with van der Waals surface area (Å²) in [6.45, 7) is 0. The summed E-state index contributed by atoms with van der Waals surface area (Å²) < 4.78 is 0. The summed E-state index contributed by atoms with van der Waals surface area (Å²) in [6, 6.07) is 6.27. The number of urea groups is 1. The molecule has 0 radical (unpaired) electrons. The summed E-state index contributed by atoms with van der Waals surface area (Å²) >= 11 is 1.44. The lowest BCUT2D eigenvalue weighted by molar-refractivity contribution is -0.140. The van der Waals surface area contributed by atoms with Gasteiger partial charge >= 0.3 is 12.0 Å². The van der Waals surface area contributed by atoms with Crippen LogP contribution in [0.4, 0.5) is 16.2 Å². The molecule has 1 atom stereocenters. The number of rotatable bonds is 3. The molecule has 0 aliphatic carbocycles. The van der Waals surface area contributed by atoms with Gasteiger partial charge in [0.2, 0.25) is 0 Å². The number of carbonyl (C=O) groups is 2. The van der Waals surface area contributed by atoms with Crippen LogP contribution in [0, 0.1) is 0 Å². The van der Waals surface area contributed by atoms with Crippen molar-refractivity contribution in [1.82, 2.24) is 4.90 Å². The number of benzene rings is 1. The molecule has 0 aromatic heterocycles. The monoisotopic (exact) mass is 295 g/mol. The largest absolute Gasteiger partial charge is 0.480 e. The smallest absolute Gasteiger partial charge is 0.327 e. The summed E-state index contributed by atoms with van der Waals surface area (Å²) in [5, 5.41) is 11.9. The number of carbonyl (C=O) groups excluding carboxylic acids is 1. The van der Waals surface area contributed by atoms with Gasteiger partial charge in [0.15, 0.2) is 0 Å². The number of nitrogens with one attached hydrogen (secondary N) is 1. The van der Waals surface area contributed by atoms with E-state index in [1.165, 1.54) is 16.7 Å². The number of thioether (sulfide) groups is 1. The number of aliphatic carboxylic acids is 1. The molecule has 1 aromatic rings. The van der Waals surface area contributed by atoms with Gasteiger partial charge < -0.3 is 20.2 Å². The zero-order valence-electron chi connectivity index (χ0n) is 11.4. The number of carboxylic acids is 1. The van der Waals surface area contributed by atoms with Crippen molar-refractivity contribution in [3.63, 3.8) is 0 Å². The van der Waals surface area contributed by atoms with Crippen LogP contribution in [0.25, 0.3) is 0 Å². The highest BCUT2D eigenvalue weighted by atomic mass is 32.2. The third kappa shape index (κ3) is 2.98. The number of nitrogens with zero attached hydrogens (tertiary/aromatic N) is 2. The van der Waals surface area contributed by atoms with Crippen LogP contribution < -0.4 is 10.2 Å². The molecule has 0 unspecified atom stereocenters. The Labute approximate surface area is 121 Å². The van der Waals surface area contributed by atoms with Crippen molar-refractivity contribution in [2.75, 3.05) is 35.9 Å². The van der Waals surface area contributed by atoms with E-state index in [0.717, 1.165) is 5.69 Å². The zero-order valence-corrected chi connectivity index (χ0v) is 12.2. The molecule has 1 aliphatic rings. The lowest BCUT2D eigenvalue weighted by Gasteiger charge is -2.23. The molecule has 0 saturated carbocycles. The van der Waals surface area contributed by atoms with E-state index in [9.17, 15) is 9.59 Å². The van der Waals surface area contributed by atoms with E-state index in [0.29, 0.717) is 17.3 Å². The van der Waals surface area contributed by atoms with E-state index in [2.05, 4.69) is 5.32 Å². The number of hydrogen-bond donors (Lipinski definition) is 2. The average Bonchev–Trinajstić information content (AvgIpc) is 2.88. The number of para-hydroxylation sites is 2. The minimum atomic E-state index is -0.967. The SMILES string of the molecule is CN(C)c1ccccc1NC(=O)N1CSC[C@H]1C(=O)O. The number of hydrogen-bond acceptors (Lipinski definition) is 4. The van der Waals surface area contributed by atoms with Gasteiger partial charge in [-0.15, -0.1) is 11.8 Å². The fourth-order valence-electron chi connectivity index (χ4n) is 2.00. The molecule has 1 aromatic carbocycles. The lowest BCUT2D eigenvalue weighted by atomic mass is 10.2. The van der Waals surface area contributed by atoms with Crippen LogP contribution in [0.3, 0.4) is 0 Å². The Bertz CT molecular complexity index is 521. The van der Waals surface area contributed by atoms with Crippen LogP contribution in [-0.2, 0) is 4.79 Å².